The molecule has 1 aliphatic rings. The molecule has 0 bridgehead atoms. The number of aromatic nitrogens is 1. The number of carbonyl (C=O) groups is 1. The molecule has 1 saturated heterocycles. The Hall–Kier alpha value is -1.59. The number of carbonyl (C=O) groups excluding carboxylic acids is 1. The summed E-state index contributed by atoms with van der Waals surface area (Å²) in [7, 11) is 0. The maximum Gasteiger partial charge on any atom is 0.227 e. The molecular formula is C17H17BrClN3O. The highest BCUT2D eigenvalue weighted by atomic mass is 79.9. The Labute approximate surface area is 149 Å². The van der Waals surface area contributed by atoms with Crippen molar-refractivity contribution in [3.8, 4) is 0 Å². The van der Waals surface area contributed by atoms with E-state index in [2.05, 4.69) is 31.1 Å². The van der Waals surface area contributed by atoms with Gasteiger partial charge >= 0.3 is 0 Å². The molecule has 0 spiro atoms. The number of benzene rings is 1. The minimum absolute atomic E-state index is 0.0483. The van der Waals surface area contributed by atoms with E-state index in [1.54, 1.807) is 6.20 Å². The molecule has 0 radical (unpaired) electrons. The molecule has 120 valence electrons. The van der Waals surface area contributed by atoms with Gasteiger partial charge < -0.3 is 10.2 Å². The van der Waals surface area contributed by atoms with Gasteiger partial charge in [0, 0.05) is 41.1 Å². The van der Waals surface area contributed by atoms with Gasteiger partial charge in [0.1, 0.15) is 5.15 Å². The van der Waals surface area contributed by atoms with Gasteiger partial charge in [0.2, 0.25) is 5.91 Å². The summed E-state index contributed by atoms with van der Waals surface area (Å²) in [4.78, 5) is 18.6. The van der Waals surface area contributed by atoms with E-state index in [0.717, 1.165) is 41.8 Å². The van der Waals surface area contributed by atoms with Crippen molar-refractivity contribution in [2.24, 2.45) is 5.92 Å². The van der Waals surface area contributed by atoms with E-state index < -0.39 is 0 Å². The molecular weight excluding hydrogens is 378 g/mol. The van der Waals surface area contributed by atoms with E-state index in [1.807, 2.05) is 36.4 Å². The average Bonchev–Trinajstić information content (AvgIpc) is 2.57. The van der Waals surface area contributed by atoms with E-state index >= 15 is 0 Å². The second-order valence-corrected chi connectivity index (χ2v) is 6.90. The molecule has 1 aromatic carbocycles. The molecule has 1 aliphatic heterocycles. The molecule has 2 aromatic rings. The summed E-state index contributed by atoms with van der Waals surface area (Å²) in [6, 6.07) is 11.5. The number of amides is 1. The first-order chi connectivity index (χ1) is 11.1. The average molecular weight is 395 g/mol. The molecule has 0 atom stereocenters. The maximum absolute atomic E-state index is 12.4. The normalized spacial score (nSPS) is 15.5. The first kappa shape index (κ1) is 16.3. The van der Waals surface area contributed by atoms with Crippen molar-refractivity contribution in [3.05, 3.63) is 52.2 Å². The number of pyridine rings is 1. The Morgan fingerprint density at radius 3 is 2.57 bits per heavy atom. The van der Waals surface area contributed by atoms with E-state index in [0.29, 0.717) is 5.15 Å². The van der Waals surface area contributed by atoms with Gasteiger partial charge in [0.25, 0.3) is 0 Å². The van der Waals surface area contributed by atoms with Gasteiger partial charge in [-0.25, -0.2) is 4.98 Å². The van der Waals surface area contributed by atoms with Crippen molar-refractivity contribution in [1.29, 1.82) is 0 Å². The van der Waals surface area contributed by atoms with Crippen LogP contribution in [-0.2, 0) is 4.79 Å². The summed E-state index contributed by atoms with van der Waals surface area (Å²) in [5.41, 5.74) is 1.90. The number of halogens is 2. The third kappa shape index (κ3) is 4.24. The highest BCUT2D eigenvalue weighted by molar-refractivity contribution is 9.10. The third-order valence-electron chi connectivity index (χ3n) is 4.05. The minimum atomic E-state index is 0.0483. The monoisotopic (exact) mass is 393 g/mol. The van der Waals surface area contributed by atoms with Crippen LogP contribution in [-0.4, -0.2) is 24.0 Å². The minimum Gasteiger partial charge on any atom is -0.371 e. The molecule has 0 unspecified atom stereocenters. The summed E-state index contributed by atoms with van der Waals surface area (Å²) in [6.45, 7) is 1.69. The van der Waals surface area contributed by atoms with Gasteiger partial charge in [-0.3, -0.25) is 4.79 Å². The number of piperidine rings is 1. The van der Waals surface area contributed by atoms with Crippen LogP contribution in [0.5, 0.6) is 0 Å². The fourth-order valence-electron chi connectivity index (χ4n) is 2.77. The molecule has 23 heavy (non-hydrogen) atoms. The topological polar surface area (TPSA) is 45.2 Å². The zero-order valence-corrected chi connectivity index (χ0v) is 14.8. The number of rotatable bonds is 3. The highest BCUT2D eigenvalue weighted by Crippen LogP contribution is 2.25. The molecule has 1 amide bonds. The lowest BCUT2D eigenvalue weighted by Crippen LogP contribution is -2.38. The molecule has 4 nitrogen and oxygen atoms in total. The van der Waals surface area contributed by atoms with Crippen molar-refractivity contribution in [2.45, 2.75) is 12.8 Å². The van der Waals surface area contributed by atoms with Gasteiger partial charge in [0.15, 0.2) is 0 Å². The number of nitrogens with zero attached hydrogens (tertiary/aromatic N) is 2. The lowest BCUT2D eigenvalue weighted by molar-refractivity contribution is -0.120. The van der Waals surface area contributed by atoms with Crippen LogP contribution in [0.2, 0.25) is 5.15 Å². The van der Waals surface area contributed by atoms with Crippen molar-refractivity contribution in [3.63, 3.8) is 0 Å². The van der Waals surface area contributed by atoms with Crippen molar-refractivity contribution >= 4 is 44.8 Å². The molecule has 1 fully saturated rings. The SMILES string of the molecule is O=C(Nc1ccc(Br)cc1)C1CCN(c2ccnc(Cl)c2)CC1. The van der Waals surface area contributed by atoms with Crippen molar-refractivity contribution in [1.82, 2.24) is 4.98 Å². The summed E-state index contributed by atoms with van der Waals surface area (Å²) in [5.74, 6) is 0.145. The van der Waals surface area contributed by atoms with Crippen LogP contribution in [0, 0.1) is 5.92 Å². The fourth-order valence-corrected chi connectivity index (χ4v) is 3.20. The van der Waals surface area contributed by atoms with Gasteiger partial charge in [-0.15, -0.1) is 0 Å². The Balaban J connectivity index is 1.56. The van der Waals surface area contributed by atoms with E-state index in [4.69, 9.17) is 11.6 Å². The summed E-state index contributed by atoms with van der Waals surface area (Å²) in [5, 5.41) is 3.49. The first-order valence-electron chi connectivity index (χ1n) is 7.55. The maximum atomic E-state index is 12.4. The van der Waals surface area contributed by atoms with Crippen LogP contribution in [0.1, 0.15) is 12.8 Å². The fraction of sp³-hybridized carbons (Fsp3) is 0.294. The Morgan fingerprint density at radius 2 is 1.91 bits per heavy atom. The van der Waals surface area contributed by atoms with Gasteiger partial charge in [-0.2, -0.15) is 0 Å². The zero-order chi connectivity index (χ0) is 16.2. The molecule has 6 heteroatoms. The molecule has 1 N–H and O–H groups in total. The molecule has 2 heterocycles. The van der Waals surface area contributed by atoms with Crippen LogP contribution in [0.25, 0.3) is 0 Å². The third-order valence-corrected chi connectivity index (χ3v) is 4.79. The Morgan fingerprint density at radius 1 is 1.22 bits per heavy atom. The van der Waals surface area contributed by atoms with E-state index in [1.165, 1.54) is 0 Å². The summed E-state index contributed by atoms with van der Waals surface area (Å²) in [6.07, 6.45) is 3.38. The summed E-state index contributed by atoms with van der Waals surface area (Å²) >= 11 is 9.33. The lowest BCUT2D eigenvalue weighted by atomic mass is 9.95. The number of hydrogen-bond donors (Lipinski definition) is 1. The molecule has 0 saturated carbocycles. The van der Waals surface area contributed by atoms with Gasteiger partial charge in [-0.05, 0) is 49.2 Å². The quantitative estimate of drug-likeness (QED) is 0.787. The van der Waals surface area contributed by atoms with Crippen molar-refractivity contribution < 1.29 is 4.79 Å². The van der Waals surface area contributed by atoms with Crippen LogP contribution < -0.4 is 10.2 Å². The van der Waals surface area contributed by atoms with E-state index in [9.17, 15) is 4.79 Å². The van der Waals surface area contributed by atoms with Crippen LogP contribution in [0.3, 0.4) is 0 Å². The van der Waals surface area contributed by atoms with Crippen LogP contribution in [0.4, 0.5) is 11.4 Å². The lowest BCUT2D eigenvalue weighted by Gasteiger charge is -2.33. The zero-order valence-electron chi connectivity index (χ0n) is 12.5. The van der Waals surface area contributed by atoms with Crippen LogP contribution >= 0.6 is 27.5 Å². The number of hydrogen-bond acceptors (Lipinski definition) is 3. The van der Waals surface area contributed by atoms with Crippen molar-refractivity contribution in [2.75, 3.05) is 23.3 Å². The second-order valence-electron chi connectivity index (χ2n) is 5.59. The molecule has 3 rings (SSSR count). The second kappa shape index (κ2) is 7.32. The predicted octanol–water partition coefficient (Wildman–Crippen LogP) is 4.35. The Bertz CT molecular complexity index is 684. The summed E-state index contributed by atoms with van der Waals surface area (Å²) < 4.78 is 1.000. The first-order valence-corrected chi connectivity index (χ1v) is 8.72. The smallest absolute Gasteiger partial charge is 0.227 e. The van der Waals surface area contributed by atoms with Gasteiger partial charge in [0.05, 0.1) is 0 Å². The number of nitrogens with one attached hydrogen (secondary N) is 1. The highest BCUT2D eigenvalue weighted by Gasteiger charge is 2.25. The van der Waals surface area contributed by atoms with E-state index in [-0.39, 0.29) is 11.8 Å². The standard InChI is InChI=1S/C17H17BrClN3O/c18-13-1-3-14(4-2-13)21-17(23)12-6-9-22(10-7-12)15-5-8-20-16(19)11-15/h1-5,8,11-12H,6-7,9-10H2,(H,21,23). The largest absolute Gasteiger partial charge is 0.371 e. The number of anilines is 2. The Kier molecular flexibility index (Phi) is 5.18. The predicted molar refractivity (Wildman–Crippen MR) is 97.0 cm³/mol. The molecule has 1 aromatic heterocycles. The van der Waals surface area contributed by atoms with Crippen LogP contribution in [0.15, 0.2) is 47.1 Å². The molecule has 0 aliphatic carbocycles. The van der Waals surface area contributed by atoms with Gasteiger partial charge in [-0.1, -0.05) is 27.5 Å².